The summed E-state index contributed by atoms with van der Waals surface area (Å²) in [5.74, 6) is -1.27. The van der Waals surface area contributed by atoms with Crippen LogP contribution in [-0.2, 0) is 4.79 Å². The Labute approximate surface area is 122 Å². The normalized spacial score (nSPS) is 11.5. The summed E-state index contributed by atoms with van der Waals surface area (Å²) in [4.78, 5) is 27.6. The predicted octanol–water partition coefficient (Wildman–Crippen LogP) is 2.10. The van der Waals surface area contributed by atoms with Gasteiger partial charge in [-0.3, -0.25) is 9.59 Å². The monoisotopic (exact) mass is 289 g/mol. The third-order valence-corrected chi connectivity index (χ3v) is 3.82. The van der Waals surface area contributed by atoms with E-state index in [1.165, 1.54) is 0 Å². The number of carbonyl (C=O) groups is 2. The first kappa shape index (κ1) is 15.0. The SMILES string of the molecule is CCC(CC)(CC(=O)O)NC(=O)c1cn2ccccc2n1. The molecule has 6 nitrogen and oxygen atoms in total. The van der Waals surface area contributed by atoms with E-state index in [4.69, 9.17) is 5.11 Å². The molecule has 0 aliphatic carbocycles. The zero-order chi connectivity index (χ0) is 15.5. The molecule has 2 heterocycles. The van der Waals surface area contributed by atoms with Crippen LogP contribution in [0.5, 0.6) is 0 Å². The van der Waals surface area contributed by atoms with Gasteiger partial charge in [0, 0.05) is 12.4 Å². The third kappa shape index (κ3) is 3.21. The van der Waals surface area contributed by atoms with Crippen molar-refractivity contribution < 1.29 is 14.7 Å². The fourth-order valence-electron chi connectivity index (χ4n) is 2.36. The van der Waals surface area contributed by atoms with Crippen molar-refractivity contribution in [3.63, 3.8) is 0 Å². The Hall–Kier alpha value is -2.37. The van der Waals surface area contributed by atoms with Crippen molar-refractivity contribution in [2.75, 3.05) is 0 Å². The van der Waals surface area contributed by atoms with E-state index >= 15 is 0 Å². The highest BCUT2D eigenvalue weighted by Crippen LogP contribution is 2.20. The molecule has 1 amide bonds. The second kappa shape index (κ2) is 5.95. The van der Waals surface area contributed by atoms with E-state index in [-0.39, 0.29) is 18.0 Å². The molecule has 0 saturated heterocycles. The van der Waals surface area contributed by atoms with Crippen molar-refractivity contribution >= 4 is 17.5 Å². The van der Waals surface area contributed by atoms with E-state index < -0.39 is 11.5 Å². The number of aromatic nitrogens is 2. The van der Waals surface area contributed by atoms with Crippen molar-refractivity contribution in [2.24, 2.45) is 0 Å². The maximum absolute atomic E-state index is 12.3. The van der Waals surface area contributed by atoms with Crippen molar-refractivity contribution in [1.29, 1.82) is 0 Å². The molecule has 2 aromatic rings. The summed E-state index contributed by atoms with van der Waals surface area (Å²) in [6, 6.07) is 5.50. The summed E-state index contributed by atoms with van der Waals surface area (Å²) in [7, 11) is 0. The molecule has 0 bridgehead atoms. The van der Waals surface area contributed by atoms with Crippen molar-refractivity contribution in [3.8, 4) is 0 Å². The van der Waals surface area contributed by atoms with Gasteiger partial charge in [0.05, 0.1) is 12.0 Å². The largest absolute Gasteiger partial charge is 0.481 e. The number of rotatable bonds is 6. The lowest BCUT2D eigenvalue weighted by atomic mass is 9.89. The molecule has 2 rings (SSSR count). The first-order valence-electron chi connectivity index (χ1n) is 6.97. The molecule has 0 saturated carbocycles. The Bertz CT molecular complexity index is 626. The van der Waals surface area contributed by atoms with Crippen LogP contribution in [0, 0.1) is 0 Å². The minimum atomic E-state index is -0.922. The second-order valence-electron chi connectivity index (χ2n) is 5.10. The lowest BCUT2D eigenvalue weighted by Crippen LogP contribution is -2.49. The van der Waals surface area contributed by atoms with Crippen LogP contribution in [0.1, 0.15) is 43.6 Å². The summed E-state index contributed by atoms with van der Waals surface area (Å²) < 4.78 is 1.76. The molecular formula is C15H19N3O3. The van der Waals surface area contributed by atoms with Gasteiger partial charge in [-0.2, -0.15) is 0 Å². The number of imidazole rings is 1. The van der Waals surface area contributed by atoms with Gasteiger partial charge in [-0.1, -0.05) is 19.9 Å². The molecule has 0 aliphatic heterocycles. The summed E-state index contributed by atoms with van der Waals surface area (Å²) >= 11 is 0. The zero-order valence-corrected chi connectivity index (χ0v) is 12.2. The Morgan fingerprint density at radius 1 is 1.33 bits per heavy atom. The molecule has 21 heavy (non-hydrogen) atoms. The Balaban J connectivity index is 2.24. The number of fused-ring (bicyclic) bond motifs is 1. The topological polar surface area (TPSA) is 83.7 Å². The highest BCUT2D eigenvalue weighted by molar-refractivity contribution is 5.93. The van der Waals surface area contributed by atoms with Gasteiger partial charge in [-0.25, -0.2) is 4.98 Å². The maximum Gasteiger partial charge on any atom is 0.305 e. The van der Waals surface area contributed by atoms with Gasteiger partial charge in [0.15, 0.2) is 0 Å². The number of aliphatic carboxylic acids is 1. The fourth-order valence-corrected chi connectivity index (χ4v) is 2.36. The lowest BCUT2D eigenvalue weighted by molar-refractivity contribution is -0.138. The number of carbonyl (C=O) groups excluding carboxylic acids is 1. The van der Waals surface area contributed by atoms with Gasteiger partial charge in [0.2, 0.25) is 0 Å². The number of nitrogens with one attached hydrogen (secondary N) is 1. The van der Waals surface area contributed by atoms with E-state index in [0.717, 1.165) is 0 Å². The van der Waals surface area contributed by atoms with Gasteiger partial charge in [-0.15, -0.1) is 0 Å². The molecule has 0 fully saturated rings. The van der Waals surface area contributed by atoms with Crippen LogP contribution >= 0.6 is 0 Å². The number of carboxylic acids is 1. The van der Waals surface area contributed by atoms with Crippen LogP contribution < -0.4 is 5.32 Å². The van der Waals surface area contributed by atoms with Gasteiger partial charge >= 0.3 is 5.97 Å². The highest BCUT2D eigenvalue weighted by atomic mass is 16.4. The van der Waals surface area contributed by atoms with Gasteiger partial charge in [-0.05, 0) is 25.0 Å². The Morgan fingerprint density at radius 3 is 2.62 bits per heavy atom. The summed E-state index contributed by atoms with van der Waals surface area (Å²) in [5.41, 5.74) is 0.232. The second-order valence-corrected chi connectivity index (χ2v) is 5.10. The molecule has 0 unspecified atom stereocenters. The molecule has 0 radical (unpaired) electrons. The molecule has 0 aliphatic rings. The van der Waals surface area contributed by atoms with Crippen molar-refractivity contribution in [3.05, 3.63) is 36.3 Å². The molecule has 0 aromatic carbocycles. The van der Waals surface area contributed by atoms with E-state index in [1.54, 1.807) is 16.7 Å². The summed E-state index contributed by atoms with van der Waals surface area (Å²) in [6.07, 6.45) is 4.45. The standard InChI is InChI=1S/C15H19N3O3/c1-3-15(4-2,9-13(19)20)17-14(21)11-10-18-8-6-5-7-12(18)16-11/h5-8,10H,3-4,9H2,1-2H3,(H,17,21)(H,19,20). The number of carboxylic acid groups (broad SMARTS) is 1. The van der Waals surface area contributed by atoms with Crippen molar-refractivity contribution in [2.45, 2.75) is 38.6 Å². The minimum absolute atomic E-state index is 0.0981. The minimum Gasteiger partial charge on any atom is -0.481 e. The molecule has 0 atom stereocenters. The highest BCUT2D eigenvalue weighted by Gasteiger charge is 2.31. The first-order chi connectivity index (χ1) is 9.99. The molecule has 112 valence electrons. The average Bonchev–Trinajstić information content (AvgIpc) is 2.90. The fraction of sp³-hybridized carbons (Fsp3) is 0.400. The van der Waals surface area contributed by atoms with E-state index in [1.807, 2.05) is 32.2 Å². The Kier molecular flexibility index (Phi) is 4.26. The molecule has 0 spiro atoms. The summed E-state index contributed by atoms with van der Waals surface area (Å²) in [6.45, 7) is 3.74. The molecule has 6 heteroatoms. The lowest BCUT2D eigenvalue weighted by Gasteiger charge is -2.31. The molecule has 2 N–H and O–H groups in total. The molecular weight excluding hydrogens is 270 g/mol. The van der Waals surface area contributed by atoms with E-state index in [2.05, 4.69) is 10.3 Å². The third-order valence-electron chi connectivity index (χ3n) is 3.82. The van der Waals surface area contributed by atoms with Crippen LogP contribution in [0.4, 0.5) is 0 Å². The van der Waals surface area contributed by atoms with Crippen LogP contribution in [0.3, 0.4) is 0 Å². The quantitative estimate of drug-likeness (QED) is 0.853. The smallest absolute Gasteiger partial charge is 0.305 e. The van der Waals surface area contributed by atoms with Crippen molar-refractivity contribution in [1.82, 2.24) is 14.7 Å². The maximum atomic E-state index is 12.3. The zero-order valence-electron chi connectivity index (χ0n) is 12.2. The van der Waals surface area contributed by atoms with E-state index in [9.17, 15) is 9.59 Å². The number of hydrogen-bond donors (Lipinski definition) is 2. The van der Waals surface area contributed by atoms with Gasteiger partial charge < -0.3 is 14.8 Å². The number of amides is 1. The summed E-state index contributed by atoms with van der Waals surface area (Å²) in [5, 5.41) is 11.9. The first-order valence-corrected chi connectivity index (χ1v) is 6.97. The average molecular weight is 289 g/mol. The Morgan fingerprint density at radius 2 is 2.05 bits per heavy atom. The van der Waals surface area contributed by atoms with Crippen LogP contribution in [0.15, 0.2) is 30.6 Å². The van der Waals surface area contributed by atoms with E-state index in [0.29, 0.717) is 18.5 Å². The van der Waals surface area contributed by atoms with Crippen LogP contribution in [0.25, 0.3) is 5.65 Å². The molecule has 2 aromatic heterocycles. The number of hydrogen-bond acceptors (Lipinski definition) is 3. The van der Waals surface area contributed by atoms with Crippen LogP contribution in [-0.4, -0.2) is 31.9 Å². The van der Waals surface area contributed by atoms with Crippen LogP contribution in [0.2, 0.25) is 0 Å². The van der Waals surface area contributed by atoms with Gasteiger partial charge in [0.1, 0.15) is 11.3 Å². The predicted molar refractivity (Wildman–Crippen MR) is 78.2 cm³/mol. The van der Waals surface area contributed by atoms with Gasteiger partial charge in [0.25, 0.3) is 5.91 Å². The number of nitrogens with zero attached hydrogens (tertiary/aromatic N) is 2. The number of pyridine rings is 1.